The summed E-state index contributed by atoms with van der Waals surface area (Å²) < 4.78 is 10.8. The second kappa shape index (κ2) is 7.28. The summed E-state index contributed by atoms with van der Waals surface area (Å²) in [5.74, 6) is 1.49. The lowest BCUT2D eigenvalue weighted by Gasteiger charge is -2.28. The fourth-order valence-electron chi connectivity index (χ4n) is 3.84. The highest BCUT2D eigenvalue weighted by Crippen LogP contribution is 2.33. The van der Waals surface area contributed by atoms with Crippen molar-refractivity contribution in [3.05, 3.63) is 42.0 Å². The average Bonchev–Trinajstić information content (AvgIpc) is 3.39. The van der Waals surface area contributed by atoms with E-state index in [4.69, 9.17) is 9.47 Å². The zero-order valence-electron chi connectivity index (χ0n) is 15.6. The highest BCUT2D eigenvalue weighted by atomic mass is 16.5. The third-order valence-electron chi connectivity index (χ3n) is 5.69. The molecule has 2 fully saturated rings. The first-order valence-corrected chi connectivity index (χ1v) is 9.61. The number of methoxy groups -OCH3 is 1. The molecule has 0 bridgehead atoms. The Labute approximate surface area is 155 Å². The SMILES string of the molecule is COc1ccc2cc([C@H](C)C(=O)N(CC3CCOC3)C3CC3)ccc2c1. The Morgan fingerprint density at radius 3 is 2.65 bits per heavy atom. The minimum Gasteiger partial charge on any atom is -0.497 e. The van der Waals surface area contributed by atoms with E-state index in [2.05, 4.69) is 29.2 Å². The first-order chi connectivity index (χ1) is 12.7. The number of hydrogen-bond donors (Lipinski definition) is 0. The molecule has 2 aliphatic rings. The molecule has 4 heteroatoms. The number of carbonyl (C=O) groups is 1. The van der Waals surface area contributed by atoms with Crippen LogP contribution >= 0.6 is 0 Å². The number of nitrogens with zero attached hydrogens (tertiary/aromatic N) is 1. The minimum absolute atomic E-state index is 0.121. The fourth-order valence-corrected chi connectivity index (χ4v) is 3.84. The van der Waals surface area contributed by atoms with Crippen LogP contribution in [0.25, 0.3) is 10.8 Å². The summed E-state index contributed by atoms with van der Waals surface area (Å²) in [6.45, 7) is 4.51. The smallest absolute Gasteiger partial charge is 0.230 e. The lowest BCUT2D eigenvalue weighted by molar-refractivity contribution is -0.133. The summed E-state index contributed by atoms with van der Waals surface area (Å²) >= 11 is 0. The van der Waals surface area contributed by atoms with Crippen molar-refractivity contribution < 1.29 is 14.3 Å². The van der Waals surface area contributed by atoms with E-state index in [1.807, 2.05) is 19.1 Å². The Morgan fingerprint density at radius 2 is 1.96 bits per heavy atom. The Bertz CT molecular complexity index is 793. The lowest BCUT2D eigenvalue weighted by atomic mass is 9.96. The predicted octanol–water partition coefficient (Wildman–Crippen LogP) is 3.98. The Hall–Kier alpha value is -2.07. The van der Waals surface area contributed by atoms with Gasteiger partial charge < -0.3 is 14.4 Å². The maximum atomic E-state index is 13.2. The van der Waals surface area contributed by atoms with E-state index in [-0.39, 0.29) is 11.8 Å². The number of fused-ring (bicyclic) bond motifs is 1. The predicted molar refractivity (Wildman–Crippen MR) is 103 cm³/mol. The van der Waals surface area contributed by atoms with Gasteiger partial charge in [0.2, 0.25) is 5.91 Å². The molecule has 26 heavy (non-hydrogen) atoms. The second-order valence-corrected chi connectivity index (χ2v) is 7.65. The topological polar surface area (TPSA) is 38.8 Å². The zero-order valence-corrected chi connectivity index (χ0v) is 15.6. The minimum atomic E-state index is -0.121. The van der Waals surface area contributed by atoms with Crippen LogP contribution in [-0.2, 0) is 9.53 Å². The van der Waals surface area contributed by atoms with Crippen LogP contribution in [0, 0.1) is 5.92 Å². The van der Waals surface area contributed by atoms with Crippen LogP contribution < -0.4 is 4.74 Å². The van der Waals surface area contributed by atoms with Gasteiger partial charge in [0.1, 0.15) is 5.75 Å². The second-order valence-electron chi connectivity index (χ2n) is 7.65. The summed E-state index contributed by atoms with van der Waals surface area (Å²) in [7, 11) is 1.68. The molecule has 1 heterocycles. The highest BCUT2D eigenvalue weighted by molar-refractivity contribution is 5.88. The van der Waals surface area contributed by atoms with Gasteiger partial charge in [-0.15, -0.1) is 0 Å². The Morgan fingerprint density at radius 1 is 1.19 bits per heavy atom. The molecule has 0 spiro atoms. The van der Waals surface area contributed by atoms with E-state index < -0.39 is 0 Å². The number of benzene rings is 2. The van der Waals surface area contributed by atoms with Crippen molar-refractivity contribution in [2.24, 2.45) is 5.92 Å². The van der Waals surface area contributed by atoms with Gasteiger partial charge in [0.05, 0.1) is 19.6 Å². The van der Waals surface area contributed by atoms with Crippen LogP contribution in [0.3, 0.4) is 0 Å². The molecule has 0 N–H and O–H groups in total. The van der Waals surface area contributed by atoms with E-state index >= 15 is 0 Å². The van der Waals surface area contributed by atoms with Crippen molar-refractivity contribution in [2.45, 2.75) is 38.1 Å². The van der Waals surface area contributed by atoms with Gasteiger partial charge in [-0.2, -0.15) is 0 Å². The summed E-state index contributed by atoms with van der Waals surface area (Å²) in [5, 5.41) is 2.28. The molecule has 2 aromatic rings. The molecule has 1 saturated heterocycles. The molecule has 1 aliphatic heterocycles. The van der Waals surface area contributed by atoms with Gasteiger partial charge in [-0.3, -0.25) is 4.79 Å². The van der Waals surface area contributed by atoms with Crippen molar-refractivity contribution in [3.8, 4) is 5.75 Å². The largest absolute Gasteiger partial charge is 0.497 e. The molecule has 4 nitrogen and oxygen atoms in total. The van der Waals surface area contributed by atoms with Gasteiger partial charge in [-0.05, 0) is 54.7 Å². The fraction of sp³-hybridized carbons (Fsp3) is 0.500. The quantitative estimate of drug-likeness (QED) is 0.788. The third-order valence-corrected chi connectivity index (χ3v) is 5.69. The third kappa shape index (κ3) is 3.56. The van der Waals surface area contributed by atoms with Gasteiger partial charge in [0.15, 0.2) is 0 Å². The molecule has 1 unspecified atom stereocenters. The van der Waals surface area contributed by atoms with E-state index in [0.29, 0.717) is 12.0 Å². The molecule has 1 aliphatic carbocycles. The van der Waals surface area contributed by atoms with Crippen LogP contribution in [0.5, 0.6) is 5.75 Å². The summed E-state index contributed by atoms with van der Waals surface area (Å²) in [5.41, 5.74) is 1.08. The van der Waals surface area contributed by atoms with Crippen molar-refractivity contribution >= 4 is 16.7 Å². The standard InChI is InChI=1S/C22H27NO3/c1-15(17-3-4-19-12-21(25-2)8-5-18(19)11-17)22(24)23(20-6-7-20)13-16-9-10-26-14-16/h3-5,8,11-12,15-16,20H,6-7,9-10,13-14H2,1-2H3/t15-,16?/m0/s1. The van der Waals surface area contributed by atoms with Gasteiger partial charge in [-0.25, -0.2) is 0 Å². The molecule has 2 atom stereocenters. The van der Waals surface area contributed by atoms with E-state index in [1.165, 1.54) is 0 Å². The molecule has 4 rings (SSSR count). The molecule has 138 valence electrons. The van der Waals surface area contributed by atoms with Gasteiger partial charge in [0.25, 0.3) is 0 Å². The van der Waals surface area contributed by atoms with Gasteiger partial charge >= 0.3 is 0 Å². The van der Waals surface area contributed by atoms with Crippen molar-refractivity contribution in [2.75, 3.05) is 26.9 Å². The number of ether oxygens (including phenoxy) is 2. The van der Waals surface area contributed by atoms with Gasteiger partial charge in [-0.1, -0.05) is 24.3 Å². The Kier molecular flexibility index (Phi) is 4.86. The number of amides is 1. The number of carbonyl (C=O) groups excluding carboxylic acids is 1. The number of hydrogen-bond acceptors (Lipinski definition) is 3. The molecular formula is C22H27NO3. The summed E-state index contributed by atoms with van der Waals surface area (Å²) in [4.78, 5) is 15.3. The first kappa shape index (κ1) is 17.3. The maximum Gasteiger partial charge on any atom is 0.230 e. The van der Waals surface area contributed by atoms with Crippen molar-refractivity contribution in [3.63, 3.8) is 0 Å². The molecule has 0 radical (unpaired) electrons. The maximum absolute atomic E-state index is 13.2. The van der Waals surface area contributed by atoms with Crippen molar-refractivity contribution in [1.82, 2.24) is 4.90 Å². The van der Waals surface area contributed by atoms with Crippen molar-refractivity contribution in [1.29, 1.82) is 0 Å². The molecule has 1 amide bonds. The van der Waals surface area contributed by atoms with E-state index in [9.17, 15) is 4.79 Å². The van der Waals surface area contributed by atoms with Crippen LogP contribution in [0.1, 0.15) is 37.7 Å². The van der Waals surface area contributed by atoms with Crippen LogP contribution in [-0.4, -0.2) is 43.7 Å². The van der Waals surface area contributed by atoms with Gasteiger partial charge in [0, 0.05) is 25.1 Å². The van der Waals surface area contributed by atoms with E-state index in [1.54, 1.807) is 7.11 Å². The molecule has 2 aromatic carbocycles. The first-order valence-electron chi connectivity index (χ1n) is 9.61. The lowest BCUT2D eigenvalue weighted by Crippen LogP contribution is -2.39. The molecule has 0 aromatic heterocycles. The zero-order chi connectivity index (χ0) is 18.1. The number of rotatable bonds is 6. The highest BCUT2D eigenvalue weighted by Gasteiger charge is 2.36. The van der Waals surface area contributed by atoms with Crippen LogP contribution in [0.4, 0.5) is 0 Å². The normalized spacial score (nSPS) is 20.9. The monoisotopic (exact) mass is 353 g/mol. The molecular weight excluding hydrogens is 326 g/mol. The van der Waals surface area contributed by atoms with Crippen LogP contribution in [0.2, 0.25) is 0 Å². The van der Waals surface area contributed by atoms with Crippen LogP contribution in [0.15, 0.2) is 36.4 Å². The average molecular weight is 353 g/mol. The summed E-state index contributed by atoms with van der Waals surface area (Å²) in [6.07, 6.45) is 3.36. The summed E-state index contributed by atoms with van der Waals surface area (Å²) in [6, 6.07) is 12.8. The van der Waals surface area contributed by atoms with E-state index in [0.717, 1.165) is 61.1 Å². The molecule has 1 saturated carbocycles. The Balaban J connectivity index is 1.53.